The number of hydrogen-bond donors (Lipinski definition) is 1. The zero-order valence-electron chi connectivity index (χ0n) is 20.5. The summed E-state index contributed by atoms with van der Waals surface area (Å²) in [7, 11) is 1.59. The SMILES string of the molecule is COc1ccc(NC(=O)CSc2nc3sc4c(c3c(=O)n2Cc2ccccc2)CCN(C(C)=O)C4)cc1. The Bertz CT molecular complexity index is 1510. The number of hydrogen-bond acceptors (Lipinski definition) is 7. The summed E-state index contributed by atoms with van der Waals surface area (Å²) in [5, 5.41) is 4.00. The van der Waals surface area contributed by atoms with E-state index < -0.39 is 0 Å². The van der Waals surface area contributed by atoms with Gasteiger partial charge in [-0.3, -0.25) is 19.0 Å². The van der Waals surface area contributed by atoms with Gasteiger partial charge in [0.2, 0.25) is 11.8 Å². The van der Waals surface area contributed by atoms with E-state index in [2.05, 4.69) is 5.32 Å². The summed E-state index contributed by atoms with van der Waals surface area (Å²) in [6.07, 6.45) is 0.633. The minimum atomic E-state index is -0.196. The molecule has 2 aromatic heterocycles. The van der Waals surface area contributed by atoms with E-state index in [-0.39, 0.29) is 23.1 Å². The van der Waals surface area contributed by atoms with Gasteiger partial charge in [-0.25, -0.2) is 4.98 Å². The molecule has 0 fully saturated rings. The fourth-order valence-electron chi connectivity index (χ4n) is 4.34. The Balaban J connectivity index is 1.45. The highest BCUT2D eigenvalue weighted by Gasteiger charge is 2.26. The lowest BCUT2D eigenvalue weighted by Crippen LogP contribution is -2.34. The molecule has 0 unspecified atom stereocenters. The molecule has 0 radical (unpaired) electrons. The van der Waals surface area contributed by atoms with Crippen molar-refractivity contribution in [2.75, 3.05) is 24.7 Å². The summed E-state index contributed by atoms with van der Waals surface area (Å²) in [6.45, 7) is 3.01. The first-order valence-electron chi connectivity index (χ1n) is 11.8. The second kappa shape index (κ2) is 10.8. The Morgan fingerprint density at radius 2 is 1.89 bits per heavy atom. The van der Waals surface area contributed by atoms with Gasteiger partial charge in [-0.2, -0.15) is 0 Å². The fraction of sp³-hybridized carbons (Fsp3) is 0.259. The summed E-state index contributed by atoms with van der Waals surface area (Å²) in [4.78, 5) is 46.7. The van der Waals surface area contributed by atoms with Crippen LogP contribution in [0.4, 0.5) is 5.69 Å². The first-order chi connectivity index (χ1) is 17.9. The smallest absolute Gasteiger partial charge is 0.263 e. The van der Waals surface area contributed by atoms with Gasteiger partial charge in [0, 0.05) is 24.0 Å². The third-order valence-electron chi connectivity index (χ3n) is 6.26. The Hall–Kier alpha value is -3.63. The monoisotopic (exact) mass is 534 g/mol. The highest BCUT2D eigenvalue weighted by molar-refractivity contribution is 7.99. The number of thiophene rings is 1. The second-order valence-corrected chi connectivity index (χ2v) is 10.7. The number of anilines is 1. The van der Waals surface area contributed by atoms with Crippen LogP contribution < -0.4 is 15.6 Å². The first-order valence-corrected chi connectivity index (χ1v) is 13.6. The van der Waals surface area contributed by atoms with Crippen LogP contribution in [0.3, 0.4) is 0 Å². The van der Waals surface area contributed by atoms with Crippen LogP contribution >= 0.6 is 23.1 Å². The molecule has 2 amide bonds. The van der Waals surface area contributed by atoms with Crippen molar-refractivity contribution in [3.05, 3.63) is 81.0 Å². The average Bonchev–Trinajstić information content (AvgIpc) is 3.28. The Labute approximate surface area is 222 Å². The van der Waals surface area contributed by atoms with Gasteiger partial charge in [-0.1, -0.05) is 42.1 Å². The molecule has 3 heterocycles. The number of nitrogens with zero attached hydrogens (tertiary/aromatic N) is 3. The lowest BCUT2D eigenvalue weighted by molar-refractivity contribution is -0.129. The maximum atomic E-state index is 13.8. The molecular weight excluding hydrogens is 508 g/mol. The molecule has 10 heteroatoms. The molecule has 37 heavy (non-hydrogen) atoms. The number of ether oxygens (including phenoxy) is 1. The van der Waals surface area contributed by atoms with Crippen molar-refractivity contribution in [2.45, 2.75) is 31.6 Å². The van der Waals surface area contributed by atoms with Crippen molar-refractivity contribution in [3.8, 4) is 5.75 Å². The van der Waals surface area contributed by atoms with E-state index in [1.165, 1.54) is 23.1 Å². The second-order valence-electron chi connectivity index (χ2n) is 8.71. The zero-order chi connectivity index (χ0) is 25.9. The molecule has 1 aliphatic heterocycles. The Kier molecular flexibility index (Phi) is 7.29. The summed E-state index contributed by atoms with van der Waals surface area (Å²) in [5.41, 5.74) is 2.52. The normalized spacial score (nSPS) is 12.9. The van der Waals surface area contributed by atoms with Gasteiger partial charge >= 0.3 is 0 Å². The molecule has 0 saturated heterocycles. The lowest BCUT2D eigenvalue weighted by atomic mass is 10.1. The number of fused-ring (bicyclic) bond motifs is 3. The van der Waals surface area contributed by atoms with Crippen molar-refractivity contribution in [3.63, 3.8) is 0 Å². The highest BCUT2D eigenvalue weighted by atomic mass is 32.2. The van der Waals surface area contributed by atoms with Crippen molar-refractivity contribution in [1.82, 2.24) is 14.5 Å². The average molecular weight is 535 g/mol. The van der Waals surface area contributed by atoms with Gasteiger partial charge in [0.1, 0.15) is 10.6 Å². The molecule has 0 bridgehead atoms. The molecule has 2 aromatic carbocycles. The van der Waals surface area contributed by atoms with E-state index in [0.29, 0.717) is 52.9 Å². The summed E-state index contributed by atoms with van der Waals surface area (Å²) >= 11 is 2.70. The third-order valence-corrected chi connectivity index (χ3v) is 8.35. The third kappa shape index (κ3) is 5.40. The molecule has 1 N–H and O–H groups in total. The molecule has 190 valence electrons. The van der Waals surface area contributed by atoms with Crippen LogP contribution in [0.25, 0.3) is 10.2 Å². The quantitative estimate of drug-likeness (QED) is 0.283. The summed E-state index contributed by atoms with van der Waals surface area (Å²) in [6, 6.07) is 16.8. The van der Waals surface area contributed by atoms with Gasteiger partial charge in [-0.15, -0.1) is 11.3 Å². The van der Waals surface area contributed by atoms with Crippen LogP contribution in [-0.4, -0.2) is 45.7 Å². The predicted molar refractivity (Wildman–Crippen MR) is 147 cm³/mol. The molecule has 8 nitrogen and oxygen atoms in total. The van der Waals surface area contributed by atoms with E-state index in [1.54, 1.807) is 47.8 Å². The molecule has 0 aliphatic carbocycles. The predicted octanol–water partition coefficient (Wildman–Crippen LogP) is 4.15. The Morgan fingerprint density at radius 1 is 1.14 bits per heavy atom. The first kappa shape index (κ1) is 25.0. The fourth-order valence-corrected chi connectivity index (χ4v) is 6.42. The summed E-state index contributed by atoms with van der Waals surface area (Å²) < 4.78 is 6.82. The zero-order valence-corrected chi connectivity index (χ0v) is 22.2. The number of benzene rings is 2. The van der Waals surface area contributed by atoms with Gasteiger partial charge < -0.3 is 15.0 Å². The van der Waals surface area contributed by atoms with Gasteiger partial charge in [-0.05, 0) is 41.8 Å². The lowest BCUT2D eigenvalue weighted by Gasteiger charge is -2.25. The molecular formula is C27H26N4O4S2. The van der Waals surface area contributed by atoms with Crippen LogP contribution in [0.1, 0.15) is 22.9 Å². The van der Waals surface area contributed by atoms with E-state index in [9.17, 15) is 14.4 Å². The van der Waals surface area contributed by atoms with E-state index in [1.807, 2.05) is 30.3 Å². The van der Waals surface area contributed by atoms with Crippen LogP contribution in [0.5, 0.6) is 5.75 Å². The van der Waals surface area contributed by atoms with E-state index >= 15 is 0 Å². The molecule has 0 atom stereocenters. The van der Waals surface area contributed by atoms with Crippen molar-refractivity contribution < 1.29 is 14.3 Å². The molecule has 1 aliphatic rings. The number of carbonyl (C=O) groups excluding carboxylic acids is 2. The molecule has 0 spiro atoms. The van der Waals surface area contributed by atoms with E-state index in [4.69, 9.17) is 9.72 Å². The molecule has 0 saturated carbocycles. The number of amides is 2. The standard InChI is InChI=1S/C27H26N4O4S2/c1-17(32)30-13-12-21-22(15-30)37-25-24(21)26(34)31(14-18-6-4-3-5-7-18)27(29-25)36-16-23(33)28-19-8-10-20(35-2)11-9-19/h3-11H,12-16H2,1-2H3,(H,28,33). The van der Waals surface area contributed by atoms with Crippen LogP contribution in [0.15, 0.2) is 64.5 Å². The van der Waals surface area contributed by atoms with Gasteiger partial charge in [0.05, 0.1) is 31.3 Å². The number of methoxy groups -OCH3 is 1. The van der Waals surface area contributed by atoms with Crippen LogP contribution in [0, 0.1) is 0 Å². The van der Waals surface area contributed by atoms with E-state index in [0.717, 1.165) is 16.0 Å². The minimum Gasteiger partial charge on any atom is -0.497 e. The van der Waals surface area contributed by atoms with Crippen molar-refractivity contribution in [1.29, 1.82) is 0 Å². The maximum absolute atomic E-state index is 13.8. The van der Waals surface area contributed by atoms with Gasteiger partial charge in [0.15, 0.2) is 5.16 Å². The topological polar surface area (TPSA) is 93.5 Å². The largest absolute Gasteiger partial charge is 0.497 e. The number of thioether (sulfide) groups is 1. The van der Waals surface area contributed by atoms with Gasteiger partial charge in [0.25, 0.3) is 5.56 Å². The number of rotatable bonds is 7. The molecule has 4 aromatic rings. The summed E-state index contributed by atoms with van der Waals surface area (Å²) in [5.74, 6) is 0.636. The maximum Gasteiger partial charge on any atom is 0.263 e. The van der Waals surface area contributed by atoms with Crippen LogP contribution in [0.2, 0.25) is 0 Å². The Morgan fingerprint density at radius 3 is 2.59 bits per heavy atom. The number of carbonyl (C=O) groups is 2. The minimum absolute atomic E-state index is 0.0247. The van der Waals surface area contributed by atoms with Crippen molar-refractivity contribution >= 4 is 50.8 Å². The van der Waals surface area contributed by atoms with Crippen molar-refractivity contribution in [2.24, 2.45) is 0 Å². The van der Waals surface area contributed by atoms with Crippen LogP contribution in [-0.2, 0) is 29.1 Å². The number of aromatic nitrogens is 2. The highest BCUT2D eigenvalue weighted by Crippen LogP contribution is 2.34. The molecule has 5 rings (SSSR count). The number of nitrogens with one attached hydrogen (secondary N) is 1.